The lowest BCUT2D eigenvalue weighted by Crippen LogP contribution is -2.08. The Labute approximate surface area is 203 Å². The fraction of sp³-hybridized carbons (Fsp3) is 0.556. The lowest BCUT2D eigenvalue weighted by Gasteiger charge is -2.15. The molecule has 2 aromatic rings. The van der Waals surface area contributed by atoms with Crippen LogP contribution in [0, 0.1) is 5.92 Å². The largest absolute Gasteiger partial charge is 0.490 e. The van der Waals surface area contributed by atoms with Crippen LogP contribution in [-0.4, -0.2) is 29.3 Å². The highest BCUT2D eigenvalue weighted by molar-refractivity contribution is 5.66. The number of carboxylic acids is 1. The Hall–Kier alpha value is -2.96. The lowest BCUT2D eigenvalue weighted by molar-refractivity contribution is -0.137. The maximum Gasteiger partial charge on any atom is 0.303 e. The summed E-state index contributed by atoms with van der Waals surface area (Å²) in [4.78, 5) is 14.5. The molecule has 0 spiro atoms. The molecule has 2 rings (SSSR count). The van der Waals surface area contributed by atoms with Crippen LogP contribution in [0.2, 0.25) is 0 Å². The van der Waals surface area contributed by atoms with Crippen molar-refractivity contribution in [2.24, 2.45) is 16.1 Å². The molecule has 0 saturated heterocycles. The Bertz CT molecular complexity index is 858. The summed E-state index contributed by atoms with van der Waals surface area (Å²) in [5, 5.41) is 17.2. The van der Waals surface area contributed by atoms with Crippen LogP contribution in [0.25, 0.3) is 0 Å². The highest BCUT2D eigenvalue weighted by Gasteiger charge is 2.09. The zero-order valence-electron chi connectivity index (χ0n) is 20.6. The fourth-order valence-electron chi connectivity index (χ4n) is 3.29. The first-order valence-electron chi connectivity index (χ1n) is 12.5. The Morgan fingerprint density at radius 1 is 0.882 bits per heavy atom. The maximum atomic E-state index is 10.5. The molecule has 0 aliphatic rings. The van der Waals surface area contributed by atoms with Crippen LogP contribution in [0.4, 0.5) is 11.4 Å². The molecule has 34 heavy (non-hydrogen) atoms. The fourth-order valence-corrected chi connectivity index (χ4v) is 3.29. The van der Waals surface area contributed by atoms with Crippen molar-refractivity contribution >= 4 is 17.3 Å². The quantitative estimate of drug-likeness (QED) is 0.177. The van der Waals surface area contributed by atoms with Crippen LogP contribution in [0.3, 0.4) is 0 Å². The van der Waals surface area contributed by atoms with Crippen molar-refractivity contribution in [1.29, 1.82) is 0 Å². The Balaban J connectivity index is 1.77. The molecule has 1 unspecified atom stereocenters. The zero-order valence-corrected chi connectivity index (χ0v) is 20.6. The lowest BCUT2D eigenvalue weighted by atomic mass is 10.1. The number of aromatic nitrogens is 1. The normalized spacial score (nSPS) is 12.1. The molecule has 1 N–H and O–H groups in total. The molecule has 7 heteroatoms. The van der Waals surface area contributed by atoms with E-state index in [0.717, 1.165) is 50.0 Å². The van der Waals surface area contributed by atoms with Crippen LogP contribution < -0.4 is 9.47 Å². The van der Waals surface area contributed by atoms with E-state index in [-0.39, 0.29) is 6.42 Å². The molecule has 0 amide bonds. The van der Waals surface area contributed by atoms with Gasteiger partial charge in [0.05, 0.1) is 24.6 Å². The third-order valence-corrected chi connectivity index (χ3v) is 5.63. The second-order valence-electron chi connectivity index (χ2n) is 8.68. The van der Waals surface area contributed by atoms with Crippen molar-refractivity contribution in [1.82, 2.24) is 4.98 Å². The third kappa shape index (κ3) is 11.8. The van der Waals surface area contributed by atoms with Crippen molar-refractivity contribution in [3.05, 3.63) is 42.7 Å². The van der Waals surface area contributed by atoms with E-state index < -0.39 is 5.97 Å². The summed E-state index contributed by atoms with van der Waals surface area (Å²) < 4.78 is 12.1. The van der Waals surface area contributed by atoms with Crippen LogP contribution >= 0.6 is 0 Å². The number of ether oxygens (including phenoxy) is 2. The minimum Gasteiger partial charge on any atom is -0.490 e. The highest BCUT2D eigenvalue weighted by Crippen LogP contribution is 2.33. The molecule has 0 radical (unpaired) electrons. The number of rotatable bonds is 18. The van der Waals surface area contributed by atoms with E-state index in [0.29, 0.717) is 30.6 Å². The summed E-state index contributed by atoms with van der Waals surface area (Å²) in [7, 11) is 0. The highest BCUT2D eigenvalue weighted by atomic mass is 16.5. The summed E-state index contributed by atoms with van der Waals surface area (Å²) in [6.07, 6.45) is 13.3. The number of nitrogens with zero attached hydrogens (tertiary/aromatic N) is 3. The number of azo groups is 1. The molecule has 0 aliphatic heterocycles. The number of hydrogen-bond donors (Lipinski definition) is 1. The van der Waals surface area contributed by atoms with E-state index in [1.807, 2.05) is 18.2 Å². The number of unbranched alkanes of at least 4 members (excludes halogenated alkanes) is 7. The van der Waals surface area contributed by atoms with E-state index in [9.17, 15) is 4.79 Å². The van der Waals surface area contributed by atoms with E-state index in [1.165, 1.54) is 19.3 Å². The summed E-state index contributed by atoms with van der Waals surface area (Å²) >= 11 is 0. The van der Waals surface area contributed by atoms with Gasteiger partial charge in [0, 0.05) is 24.9 Å². The van der Waals surface area contributed by atoms with Crippen LogP contribution in [0.5, 0.6) is 11.5 Å². The summed E-state index contributed by atoms with van der Waals surface area (Å²) in [5.74, 6) is 1.20. The Kier molecular flexibility index (Phi) is 13.3. The molecular weight excluding hydrogens is 430 g/mol. The number of carbonyl (C=O) groups is 1. The topological polar surface area (TPSA) is 93.4 Å². The predicted octanol–water partition coefficient (Wildman–Crippen LogP) is 7.90. The first kappa shape index (κ1) is 27.3. The number of pyridine rings is 1. The van der Waals surface area contributed by atoms with Crippen LogP contribution in [-0.2, 0) is 4.79 Å². The zero-order chi connectivity index (χ0) is 24.4. The summed E-state index contributed by atoms with van der Waals surface area (Å²) in [5.41, 5.74) is 1.46. The van der Waals surface area contributed by atoms with Gasteiger partial charge in [0.1, 0.15) is 0 Å². The van der Waals surface area contributed by atoms with E-state index in [1.54, 1.807) is 24.5 Å². The smallest absolute Gasteiger partial charge is 0.303 e. The van der Waals surface area contributed by atoms with Crippen molar-refractivity contribution < 1.29 is 19.4 Å². The molecule has 1 atom stereocenters. The van der Waals surface area contributed by atoms with Crippen molar-refractivity contribution in [2.75, 3.05) is 13.2 Å². The summed E-state index contributed by atoms with van der Waals surface area (Å²) in [6.45, 7) is 5.60. The van der Waals surface area contributed by atoms with Crippen molar-refractivity contribution in [3.8, 4) is 11.5 Å². The minimum atomic E-state index is -0.697. The molecule has 0 aliphatic carbocycles. The minimum absolute atomic E-state index is 0.287. The van der Waals surface area contributed by atoms with Gasteiger partial charge in [-0.3, -0.25) is 9.78 Å². The molecule has 0 fully saturated rings. The average Bonchev–Trinajstić information content (AvgIpc) is 2.85. The molecular formula is C27H39N3O4. The van der Waals surface area contributed by atoms with E-state index in [2.05, 4.69) is 29.1 Å². The van der Waals surface area contributed by atoms with E-state index in [4.69, 9.17) is 14.6 Å². The second-order valence-corrected chi connectivity index (χ2v) is 8.68. The predicted molar refractivity (Wildman–Crippen MR) is 134 cm³/mol. The SMILES string of the molecule is CCC(C)COc1cc(N=Nc2ccncc2)ccc1OCCCCCCCCCCC(=O)O. The number of hydrogen-bond acceptors (Lipinski definition) is 6. The molecule has 7 nitrogen and oxygen atoms in total. The van der Waals surface area contributed by atoms with E-state index >= 15 is 0 Å². The third-order valence-electron chi connectivity index (χ3n) is 5.63. The molecule has 1 aromatic carbocycles. The first-order chi connectivity index (χ1) is 16.6. The molecule has 186 valence electrons. The number of aliphatic carboxylic acids is 1. The maximum absolute atomic E-state index is 10.5. The van der Waals surface area contributed by atoms with Gasteiger partial charge in [0.2, 0.25) is 0 Å². The van der Waals surface area contributed by atoms with Crippen LogP contribution in [0.15, 0.2) is 53.0 Å². The number of carboxylic acid groups (broad SMARTS) is 1. The molecule has 1 heterocycles. The molecule has 0 saturated carbocycles. The van der Waals surface area contributed by atoms with Gasteiger partial charge in [-0.1, -0.05) is 58.8 Å². The summed E-state index contributed by atoms with van der Waals surface area (Å²) in [6, 6.07) is 9.29. The van der Waals surface area contributed by atoms with Gasteiger partial charge >= 0.3 is 5.97 Å². The van der Waals surface area contributed by atoms with Gasteiger partial charge in [-0.05, 0) is 43.0 Å². The van der Waals surface area contributed by atoms with Gasteiger partial charge in [0.15, 0.2) is 11.5 Å². The van der Waals surface area contributed by atoms with Gasteiger partial charge in [-0.25, -0.2) is 0 Å². The standard InChI is InChI=1S/C27H39N3O4/c1-3-22(2)21-34-26-20-24(30-29-23-15-17-28-18-16-23)13-14-25(26)33-19-11-9-7-5-4-6-8-10-12-27(31)32/h13-18,20,22H,3-12,19,21H2,1-2H3,(H,31,32). The van der Waals surface area contributed by atoms with Gasteiger partial charge in [-0.15, -0.1) is 0 Å². The van der Waals surface area contributed by atoms with Gasteiger partial charge in [-0.2, -0.15) is 10.2 Å². The van der Waals surface area contributed by atoms with Crippen LogP contribution in [0.1, 0.15) is 78.1 Å². The van der Waals surface area contributed by atoms with Crippen molar-refractivity contribution in [3.63, 3.8) is 0 Å². The van der Waals surface area contributed by atoms with Gasteiger partial charge < -0.3 is 14.6 Å². The monoisotopic (exact) mass is 469 g/mol. The average molecular weight is 470 g/mol. The Morgan fingerprint density at radius 3 is 2.21 bits per heavy atom. The first-order valence-corrected chi connectivity index (χ1v) is 12.5. The van der Waals surface area contributed by atoms with Gasteiger partial charge in [0.25, 0.3) is 0 Å². The molecule has 0 bridgehead atoms. The molecule has 1 aromatic heterocycles. The number of benzene rings is 1. The van der Waals surface area contributed by atoms with Crippen molar-refractivity contribution in [2.45, 2.75) is 78.1 Å². The Morgan fingerprint density at radius 2 is 1.53 bits per heavy atom. The second kappa shape index (κ2) is 16.6.